The molecule has 4 heteroatoms. The Labute approximate surface area is 98.5 Å². The maximum absolute atomic E-state index is 11.9. The Morgan fingerprint density at radius 1 is 1.29 bits per heavy atom. The zero-order chi connectivity index (χ0) is 12.6. The second-order valence-corrected chi connectivity index (χ2v) is 3.87. The number of aromatic nitrogens is 1. The van der Waals surface area contributed by atoms with Crippen LogP contribution in [0.15, 0.2) is 24.3 Å². The number of nitrogens with zero attached hydrogens (tertiary/aromatic N) is 1. The van der Waals surface area contributed by atoms with Gasteiger partial charge < -0.3 is 5.11 Å². The van der Waals surface area contributed by atoms with E-state index in [1.165, 1.54) is 4.57 Å². The van der Waals surface area contributed by atoms with E-state index >= 15 is 0 Å². The lowest BCUT2D eigenvalue weighted by Crippen LogP contribution is -2.11. The van der Waals surface area contributed by atoms with Crippen LogP contribution in [0.2, 0.25) is 0 Å². The molecule has 1 aromatic carbocycles. The number of aromatic carboxylic acids is 1. The summed E-state index contributed by atoms with van der Waals surface area (Å²) in [5.41, 5.74) is 1.36. The van der Waals surface area contributed by atoms with Crippen molar-refractivity contribution in [3.8, 4) is 0 Å². The molecular formula is C13H13NO3. The first-order chi connectivity index (χ1) is 8.07. The van der Waals surface area contributed by atoms with E-state index in [4.69, 9.17) is 0 Å². The van der Waals surface area contributed by atoms with Crippen LogP contribution in [-0.4, -0.2) is 21.6 Å². The molecular weight excluding hydrogens is 218 g/mol. The van der Waals surface area contributed by atoms with E-state index in [0.29, 0.717) is 23.0 Å². The van der Waals surface area contributed by atoms with E-state index in [9.17, 15) is 14.7 Å². The zero-order valence-electron chi connectivity index (χ0n) is 9.73. The summed E-state index contributed by atoms with van der Waals surface area (Å²) >= 11 is 0. The number of para-hydroxylation sites is 1. The van der Waals surface area contributed by atoms with Crippen molar-refractivity contribution in [1.82, 2.24) is 4.57 Å². The largest absolute Gasteiger partial charge is 0.478 e. The molecule has 0 unspecified atom stereocenters. The Morgan fingerprint density at radius 2 is 1.94 bits per heavy atom. The molecule has 0 atom stereocenters. The van der Waals surface area contributed by atoms with Gasteiger partial charge in [0, 0.05) is 17.5 Å². The van der Waals surface area contributed by atoms with Crippen molar-refractivity contribution < 1.29 is 14.7 Å². The highest BCUT2D eigenvalue weighted by atomic mass is 16.4. The van der Waals surface area contributed by atoms with Crippen LogP contribution in [-0.2, 0) is 0 Å². The summed E-state index contributed by atoms with van der Waals surface area (Å²) in [5, 5.41) is 9.82. The van der Waals surface area contributed by atoms with Crippen LogP contribution >= 0.6 is 0 Å². The van der Waals surface area contributed by atoms with Gasteiger partial charge in [0.2, 0.25) is 5.91 Å². The lowest BCUT2D eigenvalue weighted by Gasteiger charge is -2.04. The van der Waals surface area contributed by atoms with Crippen LogP contribution in [0.4, 0.5) is 0 Å². The molecule has 0 saturated carbocycles. The first kappa shape index (κ1) is 11.4. The number of carbonyl (C=O) groups excluding carboxylic acids is 1. The molecule has 2 rings (SSSR count). The summed E-state index contributed by atoms with van der Waals surface area (Å²) < 4.78 is 1.48. The van der Waals surface area contributed by atoms with Crippen molar-refractivity contribution in [3.05, 3.63) is 35.5 Å². The number of fused-ring (bicyclic) bond motifs is 1. The average molecular weight is 231 g/mol. The maximum Gasteiger partial charge on any atom is 0.338 e. The van der Waals surface area contributed by atoms with Crippen molar-refractivity contribution in [2.75, 3.05) is 0 Å². The van der Waals surface area contributed by atoms with Crippen LogP contribution in [0, 0.1) is 6.92 Å². The van der Waals surface area contributed by atoms with Gasteiger partial charge in [-0.2, -0.15) is 0 Å². The number of hydrogen-bond donors (Lipinski definition) is 1. The monoisotopic (exact) mass is 231 g/mol. The lowest BCUT2D eigenvalue weighted by atomic mass is 10.1. The van der Waals surface area contributed by atoms with Crippen LogP contribution in [0.25, 0.3) is 10.9 Å². The second-order valence-electron chi connectivity index (χ2n) is 3.87. The first-order valence-electron chi connectivity index (χ1n) is 5.44. The van der Waals surface area contributed by atoms with Gasteiger partial charge in [-0.1, -0.05) is 25.1 Å². The topological polar surface area (TPSA) is 59.3 Å². The zero-order valence-corrected chi connectivity index (χ0v) is 9.73. The molecule has 0 radical (unpaired) electrons. The third-order valence-corrected chi connectivity index (χ3v) is 2.88. The fourth-order valence-corrected chi connectivity index (χ4v) is 2.12. The molecule has 0 fully saturated rings. The molecule has 0 aliphatic heterocycles. The van der Waals surface area contributed by atoms with Gasteiger partial charge >= 0.3 is 5.97 Å². The van der Waals surface area contributed by atoms with E-state index < -0.39 is 5.97 Å². The summed E-state index contributed by atoms with van der Waals surface area (Å²) in [4.78, 5) is 23.1. The first-order valence-corrected chi connectivity index (χ1v) is 5.44. The second kappa shape index (κ2) is 4.05. The summed E-state index contributed by atoms with van der Waals surface area (Å²) in [7, 11) is 0. The van der Waals surface area contributed by atoms with E-state index in [1.54, 1.807) is 38.1 Å². The molecule has 17 heavy (non-hydrogen) atoms. The van der Waals surface area contributed by atoms with Crippen LogP contribution in [0.5, 0.6) is 0 Å². The summed E-state index contributed by atoms with van der Waals surface area (Å²) in [6.07, 6.45) is 0.346. The molecule has 0 saturated heterocycles. The molecule has 1 N–H and O–H groups in total. The summed E-state index contributed by atoms with van der Waals surface area (Å²) in [6, 6.07) is 7.06. The van der Waals surface area contributed by atoms with Crippen molar-refractivity contribution in [1.29, 1.82) is 0 Å². The Hall–Kier alpha value is -2.10. The van der Waals surface area contributed by atoms with E-state index in [1.807, 2.05) is 0 Å². The average Bonchev–Trinajstić information content (AvgIpc) is 2.60. The fraction of sp³-hybridized carbons (Fsp3) is 0.231. The number of benzene rings is 1. The molecule has 0 aliphatic carbocycles. The van der Waals surface area contributed by atoms with Gasteiger partial charge in [0.15, 0.2) is 0 Å². The van der Waals surface area contributed by atoms with Gasteiger partial charge in [-0.15, -0.1) is 0 Å². The molecule has 2 aromatic rings. The van der Waals surface area contributed by atoms with Gasteiger partial charge in [0.1, 0.15) is 0 Å². The highest BCUT2D eigenvalue weighted by Crippen LogP contribution is 2.25. The number of rotatable bonds is 2. The Balaban J connectivity index is 2.89. The van der Waals surface area contributed by atoms with Gasteiger partial charge in [-0.25, -0.2) is 4.79 Å². The Bertz CT molecular complexity index is 610. The van der Waals surface area contributed by atoms with Crippen LogP contribution < -0.4 is 0 Å². The molecule has 0 aliphatic rings. The van der Waals surface area contributed by atoms with Crippen molar-refractivity contribution >= 4 is 22.8 Å². The molecule has 4 nitrogen and oxygen atoms in total. The highest BCUT2D eigenvalue weighted by molar-refractivity contribution is 6.08. The van der Waals surface area contributed by atoms with Gasteiger partial charge in [-0.3, -0.25) is 9.36 Å². The minimum atomic E-state index is -0.999. The third-order valence-electron chi connectivity index (χ3n) is 2.88. The SMILES string of the molecule is CCC(=O)n1c(C)c(C(=O)O)c2ccccc21. The number of carboxylic acid groups (broad SMARTS) is 1. The Morgan fingerprint density at radius 3 is 2.53 bits per heavy atom. The maximum atomic E-state index is 11.9. The number of carbonyl (C=O) groups is 2. The van der Waals surface area contributed by atoms with Gasteiger partial charge in [0.05, 0.1) is 11.1 Å². The quantitative estimate of drug-likeness (QED) is 0.864. The predicted molar refractivity (Wildman–Crippen MR) is 64.6 cm³/mol. The minimum Gasteiger partial charge on any atom is -0.478 e. The van der Waals surface area contributed by atoms with Crippen molar-refractivity contribution in [2.24, 2.45) is 0 Å². The smallest absolute Gasteiger partial charge is 0.338 e. The van der Waals surface area contributed by atoms with E-state index in [-0.39, 0.29) is 11.5 Å². The number of carboxylic acids is 1. The standard InChI is InChI=1S/C13H13NO3/c1-3-11(15)14-8(2)12(13(16)17)9-6-4-5-7-10(9)14/h4-7H,3H2,1-2H3,(H,16,17). The molecule has 1 aromatic heterocycles. The fourth-order valence-electron chi connectivity index (χ4n) is 2.12. The molecule has 0 amide bonds. The molecule has 0 spiro atoms. The third kappa shape index (κ3) is 1.62. The van der Waals surface area contributed by atoms with E-state index in [2.05, 4.69) is 0 Å². The van der Waals surface area contributed by atoms with Crippen LogP contribution in [0.3, 0.4) is 0 Å². The Kier molecular flexibility index (Phi) is 2.71. The predicted octanol–water partition coefficient (Wildman–Crippen LogP) is 2.70. The normalized spacial score (nSPS) is 10.7. The summed E-state index contributed by atoms with van der Waals surface area (Å²) in [6.45, 7) is 3.42. The van der Waals surface area contributed by atoms with Gasteiger partial charge in [-0.05, 0) is 13.0 Å². The van der Waals surface area contributed by atoms with E-state index in [0.717, 1.165) is 0 Å². The number of hydrogen-bond acceptors (Lipinski definition) is 2. The molecule has 1 heterocycles. The van der Waals surface area contributed by atoms with Crippen LogP contribution in [0.1, 0.15) is 34.2 Å². The molecule has 88 valence electrons. The molecule has 0 bridgehead atoms. The van der Waals surface area contributed by atoms with Crippen molar-refractivity contribution in [2.45, 2.75) is 20.3 Å². The van der Waals surface area contributed by atoms with Crippen molar-refractivity contribution in [3.63, 3.8) is 0 Å². The lowest BCUT2D eigenvalue weighted by molar-refractivity contribution is 0.0698. The summed E-state index contributed by atoms with van der Waals surface area (Å²) in [5.74, 6) is -1.09. The van der Waals surface area contributed by atoms with Gasteiger partial charge in [0.25, 0.3) is 0 Å². The highest BCUT2D eigenvalue weighted by Gasteiger charge is 2.21. The minimum absolute atomic E-state index is 0.0915.